The van der Waals surface area contributed by atoms with Gasteiger partial charge in [-0.15, -0.1) is 0 Å². The first-order valence-corrected chi connectivity index (χ1v) is 14.0. The van der Waals surface area contributed by atoms with E-state index >= 15 is 0 Å². The van der Waals surface area contributed by atoms with Gasteiger partial charge in [0.15, 0.2) is 0 Å². The summed E-state index contributed by atoms with van der Waals surface area (Å²) in [5.41, 5.74) is 3.23. The molecule has 0 amide bonds. The van der Waals surface area contributed by atoms with Crippen molar-refractivity contribution >= 4 is 11.4 Å². The molecule has 3 unspecified atom stereocenters. The maximum absolute atomic E-state index is 14.7. The Morgan fingerprint density at radius 1 is 0.881 bits per heavy atom. The molecule has 0 bridgehead atoms. The highest BCUT2D eigenvalue weighted by molar-refractivity contribution is 5.86. The second kappa shape index (κ2) is 9.18. The largest absolute Gasteiger partial charge is 0.431 e. The molecule has 42 heavy (non-hydrogen) atoms. The average Bonchev–Trinajstić information content (AvgIpc) is 3.30. The summed E-state index contributed by atoms with van der Waals surface area (Å²) in [6.07, 6.45) is 6.36. The molecule has 2 aliphatic carbocycles. The van der Waals surface area contributed by atoms with Crippen molar-refractivity contribution in [2.75, 3.05) is 16.3 Å². The van der Waals surface area contributed by atoms with Gasteiger partial charge in [-0.25, -0.2) is 0 Å². The zero-order chi connectivity index (χ0) is 29.6. The number of fused-ring (bicyclic) bond motifs is 6. The number of para-hydroxylation sites is 2. The Morgan fingerprint density at radius 2 is 1.64 bits per heavy atom. The van der Waals surface area contributed by atoms with Crippen LogP contribution in [-0.4, -0.2) is 29.8 Å². The molecule has 0 fully saturated rings. The standard InChI is InChI=1S/C33H27F6N3/c1-3-40-26-11-6-7-12-27(26)42-30(19(2)22-9-4-5-10-24(22)31(40)42)28-18-20-17-21(32(34,35)36)15-16-23(20)25-13-8-14-29(41(25)28)33(37,38)39/h4-9,11-20,30H,3,10H2,1-2H3. The smallest absolute Gasteiger partial charge is 0.326 e. The normalized spacial score (nSPS) is 26.3. The molecule has 216 valence electrons. The van der Waals surface area contributed by atoms with Crippen LogP contribution in [0.2, 0.25) is 0 Å². The van der Waals surface area contributed by atoms with E-state index < -0.39 is 35.6 Å². The first-order valence-electron chi connectivity index (χ1n) is 14.0. The monoisotopic (exact) mass is 579 g/mol. The van der Waals surface area contributed by atoms with Gasteiger partial charge >= 0.3 is 12.4 Å². The molecule has 4 aliphatic heterocycles. The summed E-state index contributed by atoms with van der Waals surface area (Å²) >= 11 is 0. The second-order valence-electron chi connectivity index (χ2n) is 11.0. The lowest BCUT2D eigenvalue weighted by molar-refractivity contribution is -0.107. The summed E-state index contributed by atoms with van der Waals surface area (Å²) in [5.74, 6) is -0.195. The first-order chi connectivity index (χ1) is 20.0. The van der Waals surface area contributed by atoms with E-state index in [1.165, 1.54) is 17.1 Å². The number of alkyl halides is 6. The van der Waals surface area contributed by atoms with E-state index in [-0.39, 0.29) is 11.6 Å². The first kappa shape index (κ1) is 26.7. The van der Waals surface area contributed by atoms with Gasteiger partial charge in [0.25, 0.3) is 0 Å². The van der Waals surface area contributed by atoms with Crippen LogP contribution >= 0.6 is 0 Å². The zero-order valence-corrected chi connectivity index (χ0v) is 22.8. The highest BCUT2D eigenvalue weighted by Crippen LogP contribution is 2.55. The molecule has 0 saturated heterocycles. The van der Waals surface area contributed by atoms with Gasteiger partial charge in [-0.3, -0.25) is 0 Å². The quantitative estimate of drug-likeness (QED) is 0.325. The summed E-state index contributed by atoms with van der Waals surface area (Å²) in [6, 6.07) is 7.18. The molecule has 0 aromatic heterocycles. The van der Waals surface area contributed by atoms with Crippen molar-refractivity contribution in [1.82, 2.24) is 4.90 Å². The maximum Gasteiger partial charge on any atom is 0.431 e. The van der Waals surface area contributed by atoms with Gasteiger partial charge in [-0.05, 0) is 54.9 Å². The fraction of sp³-hybridized carbons (Fsp3) is 0.273. The van der Waals surface area contributed by atoms with Crippen molar-refractivity contribution in [3.63, 3.8) is 0 Å². The Kier molecular flexibility index (Phi) is 5.84. The molecule has 1 aromatic rings. The van der Waals surface area contributed by atoms with Crippen LogP contribution in [0.1, 0.15) is 20.3 Å². The lowest BCUT2D eigenvalue weighted by Gasteiger charge is -2.49. The van der Waals surface area contributed by atoms with E-state index in [0.29, 0.717) is 24.2 Å². The minimum Gasteiger partial charge on any atom is -0.326 e. The number of rotatable bonds is 2. The van der Waals surface area contributed by atoms with Crippen LogP contribution in [0.25, 0.3) is 0 Å². The number of allylic oxidation sites excluding steroid dienone is 14. The highest BCUT2D eigenvalue weighted by Gasteiger charge is 2.51. The highest BCUT2D eigenvalue weighted by atomic mass is 19.4. The lowest BCUT2D eigenvalue weighted by atomic mass is 9.76. The van der Waals surface area contributed by atoms with Crippen molar-refractivity contribution in [3.8, 4) is 0 Å². The van der Waals surface area contributed by atoms with Crippen LogP contribution in [0, 0.1) is 11.8 Å². The van der Waals surface area contributed by atoms with Crippen molar-refractivity contribution in [1.29, 1.82) is 0 Å². The van der Waals surface area contributed by atoms with E-state index in [2.05, 4.69) is 15.9 Å². The van der Waals surface area contributed by atoms with Gasteiger partial charge in [0.05, 0.1) is 28.7 Å². The van der Waals surface area contributed by atoms with Gasteiger partial charge in [0, 0.05) is 29.7 Å². The lowest BCUT2D eigenvalue weighted by Crippen LogP contribution is -2.52. The number of halogens is 6. The number of hydrogen-bond donors (Lipinski definition) is 0. The van der Waals surface area contributed by atoms with Crippen molar-refractivity contribution in [2.24, 2.45) is 11.8 Å². The van der Waals surface area contributed by atoms with Crippen LogP contribution in [0.15, 0.2) is 130 Å². The second-order valence-corrected chi connectivity index (χ2v) is 11.0. The van der Waals surface area contributed by atoms with E-state index in [4.69, 9.17) is 0 Å². The molecule has 0 N–H and O–H groups in total. The summed E-state index contributed by atoms with van der Waals surface area (Å²) in [5, 5.41) is 0. The van der Waals surface area contributed by atoms with Gasteiger partial charge in [0.1, 0.15) is 11.5 Å². The molecule has 3 atom stereocenters. The number of nitrogens with zero attached hydrogens (tertiary/aromatic N) is 3. The van der Waals surface area contributed by atoms with Crippen LogP contribution in [0.4, 0.5) is 37.7 Å². The van der Waals surface area contributed by atoms with E-state index in [9.17, 15) is 26.3 Å². The molecule has 0 radical (unpaired) electrons. The predicted octanol–water partition coefficient (Wildman–Crippen LogP) is 8.59. The van der Waals surface area contributed by atoms with E-state index in [1.807, 2.05) is 50.3 Å². The van der Waals surface area contributed by atoms with Crippen molar-refractivity contribution < 1.29 is 26.3 Å². The molecular weight excluding hydrogens is 552 g/mol. The van der Waals surface area contributed by atoms with Gasteiger partial charge in [-0.1, -0.05) is 61.6 Å². The topological polar surface area (TPSA) is 9.72 Å². The Balaban J connectivity index is 1.49. The predicted molar refractivity (Wildman–Crippen MR) is 151 cm³/mol. The Labute approximate surface area is 239 Å². The third-order valence-electron chi connectivity index (χ3n) is 8.80. The molecule has 1 aromatic carbocycles. The SMILES string of the molecule is CCN1C2=C3CC=CC=C3C(C)C(C3=CC4C=C(C(F)(F)F)C=CC4=C4C=CC=C(C(F)(F)F)N34)N2c2ccccc21. The summed E-state index contributed by atoms with van der Waals surface area (Å²) in [4.78, 5) is 5.52. The van der Waals surface area contributed by atoms with Crippen LogP contribution in [0.3, 0.4) is 0 Å². The van der Waals surface area contributed by atoms with Gasteiger partial charge in [-0.2, -0.15) is 26.3 Å². The number of hydrogen-bond acceptors (Lipinski definition) is 3. The molecule has 6 aliphatic rings. The Morgan fingerprint density at radius 3 is 2.36 bits per heavy atom. The van der Waals surface area contributed by atoms with E-state index in [0.717, 1.165) is 46.6 Å². The number of benzene rings is 1. The van der Waals surface area contributed by atoms with E-state index in [1.54, 1.807) is 12.2 Å². The molecule has 4 heterocycles. The third kappa shape index (κ3) is 3.82. The third-order valence-corrected chi connectivity index (χ3v) is 8.80. The number of anilines is 2. The molecular formula is C33H27F6N3. The Hall–Kier alpha value is -4.14. The summed E-state index contributed by atoms with van der Waals surface area (Å²) < 4.78 is 85.4. The fourth-order valence-corrected chi connectivity index (χ4v) is 7.11. The molecule has 3 nitrogen and oxygen atoms in total. The maximum atomic E-state index is 14.7. The minimum absolute atomic E-state index is 0.238. The molecule has 0 spiro atoms. The molecule has 0 saturated carbocycles. The van der Waals surface area contributed by atoms with Crippen LogP contribution in [-0.2, 0) is 0 Å². The Bertz CT molecular complexity index is 1660. The van der Waals surface area contributed by atoms with Crippen LogP contribution < -0.4 is 9.80 Å². The minimum atomic E-state index is -4.69. The summed E-state index contributed by atoms with van der Waals surface area (Å²) in [7, 11) is 0. The molecule has 9 heteroatoms. The van der Waals surface area contributed by atoms with Gasteiger partial charge in [0.2, 0.25) is 0 Å². The van der Waals surface area contributed by atoms with Crippen molar-refractivity contribution in [3.05, 3.63) is 130 Å². The van der Waals surface area contributed by atoms with Crippen LogP contribution in [0.5, 0.6) is 0 Å². The van der Waals surface area contributed by atoms with Crippen molar-refractivity contribution in [2.45, 2.75) is 38.7 Å². The fourth-order valence-electron chi connectivity index (χ4n) is 7.11. The zero-order valence-electron chi connectivity index (χ0n) is 22.8. The summed E-state index contributed by atoms with van der Waals surface area (Å²) in [6.45, 7) is 4.68. The van der Waals surface area contributed by atoms with Gasteiger partial charge < -0.3 is 14.7 Å². The average molecular weight is 580 g/mol. The molecule has 7 rings (SSSR count).